The van der Waals surface area contributed by atoms with Gasteiger partial charge >= 0.3 is 0 Å². The summed E-state index contributed by atoms with van der Waals surface area (Å²) in [4.78, 5) is 50.6. The van der Waals surface area contributed by atoms with E-state index >= 15 is 0 Å². The lowest BCUT2D eigenvalue weighted by molar-refractivity contribution is -0.124. The number of carbonyl (C=O) groups excluding carboxylic acids is 1. The van der Waals surface area contributed by atoms with E-state index in [1.54, 1.807) is 12.7 Å². The first-order valence-electron chi connectivity index (χ1n) is 17.0. The summed E-state index contributed by atoms with van der Waals surface area (Å²) < 4.78 is 0. The van der Waals surface area contributed by atoms with Crippen LogP contribution >= 0.6 is 0 Å². The molecule has 13 nitrogen and oxygen atoms in total. The van der Waals surface area contributed by atoms with Crippen molar-refractivity contribution in [2.24, 2.45) is 22.7 Å². The number of carboxylic acid groups (broad SMARTS) is 1. The lowest BCUT2D eigenvalue weighted by Gasteiger charge is -2.53. The summed E-state index contributed by atoms with van der Waals surface area (Å²) in [7, 11) is 0. The minimum Gasteiger partial charge on any atom is -0.483 e. The summed E-state index contributed by atoms with van der Waals surface area (Å²) >= 11 is 0. The van der Waals surface area contributed by atoms with Crippen LogP contribution in [-0.2, 0) is 9.59 Å². The van der Waals surface area contributed by atoms with Gasteiger partial charge in [-0.15, -0.1) is 0 Å². The van der Waals surface area contributed by atoms with Crippen molar-refractivity contribution in [1.29, 1.82) is 0 Å². The second kappa shape index (κ2) is 14.2. The molecule has 8 heterocycles. The number of hydrogen-bond acceptors (Lipinski definition) is 9. The molecule has 0 radical (unpaired) electrons. The van der Waals surface area contributed by atoms with Crippen molar-refractivity contribution in [3.8, 4) is 0 Å². The Bertz CT molecular complexity index is 1640. The molecule has 4 aliphatic heterocycles. The van der Waals surface area contributed by atoms with Crippen LogP contribution in [0.4, 0.5) is 11.6 Å². The van der Waals surface area contributed by atoms with Crippen LogP contribution < -0.4 is 15.1 Å². The Kier molecular flexibility index (Phi) is 9.90. The van der Waals surface area contributed by atoms with Gasteiger partial charge in [0.25, 0.3) is 6.47 Å². The van der Waals surface area contributed by atoms with Crippen molar-refractivity contribution < 1.29 is 14.7 Å². The molecule has 4 aromatic heterocycles. The molecule has 47 heavy (non-hydrogen) atoms. The molecule has 4 saturated heterocycles. The smallest absolute Gasteiger partial charge is 0.290 e. The van der Waals surface area contributed by atoms with E-state index in [2.05, 4.69) is 64.9 Å². The highest BCUT2D eigenvalue weighted by molar-refractivity contribution is 5.88. The second-order valence-corrected chi connectivity index (χ2v) is 13.6. The molecule has 4 N–H and O–H groups in total. The Morgan fingerprint density at radius 3 is 1.87 bits per heavy atom. The summed E-state index contributed by atoms with van der Waals surface area (Å²) in [5, 5.41) is 12.7. The van der Waals surface area contributed by atoms with Crippen molar-refractivity contribution in [3.63, 3.8) is 0 Å². The SMILES string of the molecule is CC[C@]12CN(C=O)CC[C@H]1CCN(c1ncnc3[nH]ccc13)C2.CC[C@]12CNCC[C@H]1CCN(c1ncnc3[nH]ccc13)C2.O=CO. The molecule has 4 aliphatic rings. The molecule has 4 fully saturated rings. The van der Waals surface area contributed by atoms with E-state index in [1.807, 2.05) is 23.4 Å². The van der Waals surface area contributed by atoms with Crippen LogP contribution in [0.5, 0.6) is 0 Å². The van der Waals surface area contributed by atoms with Gasteiger partial charge in [0.15, 0.2) is 0 Å². The molecule has 0 aromatic carbocycles. The van der Waals surface area contributed by atoms with E-state index in [0.29, 0.717) is 11.3 Å². The summed E-state index contributed by atoms with van der Waals surface area (Å²) in [5.41, 5.74) is 2.42. The average Bonchev–Trinajstić information content (AvgIpc) is 3.81. The molecule has 4 aromatic rings. The Labute approximate surface area is 275 Å². The van der Waals surface area contributed by atoms with Gasteiger partial charge in [0.05, 0.1) is 10.8 Å². The number of hydrogen-bond donors (Lipinski definition) is 4. The predicted molar refractivity (Wildman–Crippen MR) is 182 cm³/mol. The molecule has 1 amide bonds. The van der Waals surface area contributed by atoms with Gasteiger partial charge in [-0.3, -0.25) is 9.59 Å². The van der Waals surface area contributed by atoms with Crippen LogP contribution in [0, 0.1) is 22.7 Å². The predicted octanol–water partition coefficient (Wildman–Crippen LogP) is 3.92. The maximum Gasteiger partial charge on any atom is 0.290 e. The molecule has 0 bridgehead atoms. The Morgan fingerprint density at radius 2 is 1.32 bits per heavy atom. The van der Waals surface area contributed by atoms with Crippen molar-refractivity contribution in [3.05, 3.63) is 37.2 Å². The fourth-order valence-electron chi connectivity index (χ4n) is 8.82. The number of anilines is 2. The fraction of sp³-hybridized carbons (Fsp3) is 0.588. The van der Waals surface area contributed by atoms with E-state index in [-0.39, 0.29) is 11.9 Å². The van der Waals surface area contributed by atoms with E-state index in [4.69, 9.17) is 9.90 Å². The molecule has 0 spiro atoms. The average molecular weight is 645 g/mol. The van der Waals surface area contributed by atoms with Crippen LogP contribution in [-0.4, -0.2) is 105 Å². The highest BCUT2D eigenvalue weighted by atomic mass is 16.3. The number of piperidine rings is 4. The first-order valence-corrected chi connectivity index (χ1v) is 17.0. The zero-order valence-corrected chi connectivity index (χ0v) is 27.6. The van der Waals surface area contributed by atoms with Gasteiger partial charge < -0.3 is 35.1 Å². The van der Waals surface area contributed by atoms with Crippen molar-refractivity contribution in [2.75, 3.05) is 62.2 Å². The topological polar surface area (TPSA) is 159 Å². The number of H-pyrrole nitrogens is 2. The maximum absolute atomic E-state index is 11.3. The number of amides is 1. The number of nitrogens with one attached hydrogen (secondary N) is 3. The standard InChI is InChI=1S/C17H23N5O.C16H23N5.CH2O2/c1-2-17-9-21(12-23)7-4-13(17)5-8-22(10-17)16-14-3-6-18-15(14)19-11-20-16;1-2-16-9-17-6-3-12(16)5-8-21(10-16)15-13-4-7-18-14(13)19-11-20-15;2-1-3/h3,6,11-13H,2,4-5,7-10H2,1H3,(H,18,19,20);4,7,11-12,17H,2-3,5-6,8-10H2,1H3,(H,18,19,20);1H,(H,2,3)/t13-,17+;12-,16+;/m00./s1. The number of carbonyl (C=O) groups is 2. The maximum atomic E-state index is 11.3. The van der Waals surface area contributed by atoms with Gasteiger partial charge in [-0.1, -0.05) is 13.8 Å². The number of aromatic nitrogens is 6. The number of nitrogens with zero attached hydrogens (tertiary/aromatic N) is 7. The summed E-state index contributed by atoms with van der Waals surface area (Å²) in [6.07, 6.45) is 15.4. The molecule has 4 atom stereocenters. The molecular formula is C34H48N10O3. The molecule has 13 heteroatoms. The minimum atomic E-state index is -0.250. The van der Waals surface area contributed by atoms with Crippen LogP contribution in [0.15, 0.2) is 37.2 Å². The van der Waals surface area contributed by atoms with E-state index < -0.39 is 0 Å². The fourth-order valence-corrected chi connectivity index (χ4v) is 8.82. The van der Waals surface area contributed by atoms with Crippen LogP contribution in [0.2, 0.25) is 0 Å². The second-order valence-electron chi connectivity index (χ2n) is 13.6. The number of likely N-dealkylation sites (tertiary alicyclic amines) is 1. The zero-order chi connectivity index (χ0) is 32.9. The molecule has 8 rings (SSSR count). The van der Waals surface area contributed by atoms with Gasteiger partial charge in [-0.05, 0) is 69.0 Å². The van der Waals surface area contributed by atoms with Gasteiger partial charge in [-0.25, -0.2) is 19.9 Å². The molecular weight excluding hydrogens is 596 g/mol. The van der Waals surface area contributed by atoms with Crippen molar-refractivity contribution >= 4 is 46.6 Å². The Morgan fingerprint density at radius 1 is 0.787 bits per heavy atom. The van der Waals surface area contributed by atoms with Gasteiger partial charge in [0.2, 0.25) is 6.41 Å². The Balaban J connectivity index is 0.000000152. The summed E-state index contributed by atoms with van der Waals surface area (Å²) in [6.45, 7) is 12.7. The van der Waals surface area contributed by atoms with E-state index in [1.165, 1.54) is 32.2 Å². The van der Waals surface area contributed by atoms with Crippen LogP contribution in [0.1, 0.15) is 52.4 Å². The quantitative estimate of drug-likeness (QED) is 0.235. The molecule has 0 saturated carbocycles. The monoisotopic (exact) mass is 644 g/mol. The summed E-state index contributed by atoms with van der Waals surface area (Å²) in [5.74, 6) is 3.69. The molecule has 252 valence electrons. The number of aromatic amines is 2. The van der Waals surface area contributed by atoms with Gasteiger partial charge in [-0.2, -0.15) is 0 Å². The highest BCUT2D eigenvalue weighted by Crippen LogP contribution is 2.46. The lowest BCUT2D eigenvalue weighted by atomic mass is 9.65. The number of rotatable bonds is 5. The lowest BCUT2D eigenvalue weighted by Crippen LogP contribution is -2.57. The first-order chi connectivity index (χ1) is 23.0. The van der Waals surface area contributed by atoms with Crippen LogP contribution in [0.3, 0.4) is 0 Å². The third-order valence-corrected chi connectivity index (χ3v) is 11.5. The third-order valence-electron chi connectivity index (χ3n) is 11.5. The number of fused-ring (bicyclic) bond motifs is 4. The molecule has 0 aliphatic carbocycles. The highest BCUT2D eigenvalue weighted by Gasteiger charge is 2.46. The minimum absolute atomic E-state index is 0.186. The van der Waals surface area contributed by atoms with E-state index in [0.717, 1.165) is 105 Å². The largest absolute Gasteiger partial charge is 0.483 e. The van der Waals surface area contributed by atoms with E-state index in [9.17, 15) is 4.79 Å². The third kappa shape index (κ3) is 6.37. The van der Waals surface area contributed by atoms with Gasteiger partial charge in [0.1, 0.15) is 35.6 Å². The first kappa shape index (κ1) is 32.7. The zero-order valence-electron chi connectivity index (χ0n) is 27.6. The van der Waals surface area contributed by atoms with Gasteiger partial charge in [0, 0.05) is 69.0 Å². The van der Waals surface area contributed by atoms with Crippen molar-refractivity contribution in [1.82, 2.24) is 40.1 Å². The molecule has 0 unspecified atom stereocenters. The van der Waals surface area contributed by atoms with Crippen LogP contribution in [0.25, 0.3) is 22.1 Å². The van der Waals surface area contributed by atoms with Crippen molar-refractivity contribution in [2.45, 2.75) is 52.4 Å². The normalized spacial score (nSPS) is 27.1. The Hall–Kier alpha value is -4.26. The summed E-state index contributed by atoms with van der Waals surface area (Å²) in [6, 6.07) is 4.14.